The van der Waals surface area contributed by atoms with Crippen molar-refractivity contribution in [2.75, 3.05) is 13.1 Å². The lowest BCUT2D eigenvalue weighted by molar-refractivity contribution is 0.0178. The molecule has 1 aromatic heterocycles. The van der Waals surface area contributed by atoms with Crippen molar-refractivity contribution in [2.24, 2.45) is 11.7 Å². The fraction of sp³-hybridized carbons (Fsp3) is 0.647. The van der Waals surface area contributed by atoms with E-state index >= 15 is 0 Å². The highest BCUT2D eigenvalue weighted by Crippen LogP contribution is 2.20. The van der Waals surface area contributed by atoms with Crippen LogP contribution in [0.15, 0.2) is 23.1 Å². The summed E-state index contributed by atoms with van der Waals surface area (Å²) in [5.41, 5.74) is 5.74. The van der Waals surface area contributed by atoms with Crippen LogP contribution in [-0.2, 0) is 17.8 Å². The largest absolute Gasteiger partial charge is 0.444 e. The van der Waals surface area contributed by atoms with E-state index in [1.807, 2.05) is 33.0 Å². The number of likely N-dealkylation sites (tertiary alicyclic amines) is 1. The average Bonchev–Trinajstić information content (AvgIpc) is 2.48. The van der Waals surface area contributed by atoms with Gasteiger partial charge >= 0.3 is 6.09 Å². The molecule has 1 fully saturated rings. The lowest BCUT2D eigenvalue weighted by Crippen LogP contribution is -2.42. The van der Waals surface area contributed by atoms with Crippen molar-refractivity contribution in [3.8, 4) is 0 Å². The van der Waals surface area contributed by atoms with Gasteiger partial charge in [0.2, 0.25) is 0 Å². The van der Waals surface area contributed by atoms with Crippen molar-refractivity contribution in [2.45, 2.75) is 52.3 Å². The smallest absolute Gasteiger partial charge is 0.410 e. The van der Waals surface area contributed by atoms with Crippen LogP contribution in [-0.4, -0.2) is 34.3 Å². The monoisotopic (exact) mass is 321 g/mol. The Morgan fingerprint density at radius 3 is 2.57 bits per heavy atom. The van der Waals surface area contributed by atoms with Gasteiger partial charge in [-0.25, -0.2) is 4.79 Å². The summed E-state index contributed by atoms with van der Waals surface area (Å²) in [6, 6.07) is 3.63. The van der Waals surface area contributed by atoms with Crippen LogP contribution in [0.5, 0.6) is 0 Å². The number of amides is 1. The van der Waals surface area contributed by atoms with E-state index in [9.17, 15) is 9.59 Å². The van der Waals surface area contributed by atoms with E-state index in [4.69, 9.17) is 10.5 Å². The zero-order valence-corrected chi connectivity index (χ0v) is 14.2. The Kier molecular flexibility index (Phi) is 5.46. The van der Waals surface area contributed by atoms with Crippen molar-refractivity contribution in [1.29, 1.82) is 0 Å². The summed E-state index contributed by atoms with van der Waals surface area (Å²) in [4.78, 5) is 26.0. The summed E-state index contributed by atoms with van der Waals surface area (Å²) in [6.07, 6.45) is 3.30. The Morgan fingerprint density at radius 2 is 2.00 bits per heavy atom. The summed E-state index contributed by atoms with van der Waals surface area (Å²) < 4.78 is 7.13. The first-order valence-electron chi connectivity index (χ1n) is 8.16. The van der Waals surface area contributed by atoms with E-state index in [1.54, 1.807) is 15.5 Å². The van der Waals surface area contributed by atoms with E-state index < -0.39 is 5.60 Å². The zero-order chi connectivity index (χ0) is 17.0. The molecule has 1 aliphatic rings. The third-order valence-electron chi connectivity index (χ3n) is 4.04. The SMILES string of the molecule is CC(C)(C)OC(=O)N1CCC(Cn2cccc(CN)c2=O)CC1. The third kappa shape index (κ3) is 4.82. The molecule has 2 rings (SSSR count). The number of rotatable bonds is 3. The fourth-order valence-corrected chi connectivity index (χ4v) is 2.79. The zero-order valence-electron chi connectivity index (χ0n) is 14.2. The Hall–Kier alpha value is -1.82. The highest BCUT2D eigenvalue weighted by molar-refractivity contribution is 5.68. The molecule has 2 N–H and O–H groups in total. The fourth-order valence-electron chi connectivity index (χ4n) is 2.79. The van der Waals surface area contributed by atoms with Gasteiger partial charge in [-0.1, -0.05) is 6.07 Å². The summed E-state index contributed by atoms with van der Waals surface area (Å²) in [6.45, 7) is 7.89. The number of nitrogens with zero attached hydrogens (tertiary/aromatic N) is 2. The Balaban J connectivity index is 1.90. The number of hydrogen-bond donors (Lipinski definition) is 1. The second-order valence-corrected chi connectivity index (χ2v) is 7.11. The van der Waals surface area contributed by atoms with E-state index in [1.165, 1.54) is 0 Å². The van der Waals surface area contributed by atoms with Gasteiger partial charge in [-0.15, -0.1) is 0 Å². The van der Waals surface area contributed by atoms with Crippen molar-refractivity contribution in [1.82, 2.24) is 9.47 Å². The number of carbonyl (C=O) groups is 1. The minimum absolute atomic E-state index is 0.00966. The van der Waals surface area contributed by atoms with Crippen molar-refractivity contribution in [3.63, 3.8) is 0 Å². The van der Waals surface area contributed by atoms with Crippen LogP contribution in [0, 0.1) is 5.92 Å². The molecule has 1 amide bonds. The van der Waals surface area contributed by atoms with Crippen LogP contribution < -0.4 is 11.3 Å². The third-order valence-corrected chi connectivity index (χ3v) is 4.04. The number of carbonyl (C=O) groups excluding carboxylic acids is 1. The standard InChI is InChI=1S/C17H27N3O3/c1-17(2,3)23-16(22)19-9-6-13(7-10-19)12-20-8-4-5-14(11-18)15(20)21/h4-5,8,13H,6-7,9-12,18H2,1-3H3. The van der Waals surface area contributed by atoms with E-state index in [-0.39, 0.29) is 18.2 Å². The van der Waals surface area contributed by atoms with Crippen molar-refractivity contribution in [3.05, 3.63) is 34.2 Å². The maximum absolute atomic E-state index is 12.2. The predicted octanol–water partition coefficient (Wildman–Crippen LogP) is 1.95. The van der Waals surface area contributed by atoms with Gasteiger partial charge in [-0.3, -0.25) is 4.79 Å². The molecule has 0 aromatic carbocycles. The number of aromatic nitrogens is 1. The minimum atomic E-state index is -0.468. The average molecular weight is 321 g/mol. The quantitative estimate of drug-likeness (QED) is 0.923. The van der Waals surface area contributed by atoms with Crippen LogP contribution in [0.1, 0.15) is 39.2 Å². The molecule has 6 heteroatoms. The highest BCUT2D eigenvalue weighted by Gasteiger charge is 2.27. The van der Waals surface area contributed by atoms with Gasteiger partial charge in [0.25, 0.3) is 5.56 Å². The first-order chi connectivity index (χ1) is 10.8. The van der Waals surface area contributed by atoms with Gasteiger partial charge in [-0.05, 0) is 45.6 Å². The molecule has 1 aromatic rings. The molecule has 128 valence electrons. The molecule has 23 heavy (non-hydrogen) atoms. The molecule has 0 spiro atoms. The van der Waals surface area contributed by atoms with Gasteiger partial charge in [0.1, 0.15) is 5.60 Å². The summed E-state index contributed by atoms with van der Waals surface area (Å²) in [5, 5.41) is 0. The van der Waals surface area contributed by atoms with Gasteiger partial charge in [0.15, 0.2) is 0 Å². The molecule has 0 saturated carbocycles. The topological polar surface area (TPSA) is 77.6 Å². The normalized spacial score (nSPS) is 16.4. The van der Waals surface area contributed by atoms with Crippen LogP contribution in [0.3, 0.4) is 0 Å². The Labute approximate surface area is 137 Å². The molecular formula is C17H27N3O3. The first-order valence-corrected chi connectivity index (χ1v) is 8.16. The van der Waals surface area contributed by atoms with E-state index in [2.05, 4.69) is 0 Å². The van der Waals surface area contributed by atoms with Gasteiger partial charge in [-0.2, -0.15) is 0 Å². The predicted molar refractivity (Wildman–Crippen MR) is 89.1 cm³/mol. The molecule has 0 unspecified atom stereocenters. The highest BCUT2D eigenvalue weighted by atomic mass is 16.6. The number of hydrogen-bond acceptors (Lipinski definition) is 4. The Morgan fingerprint density at radius 1 is 1.35 bits per heavy atom. The molecule has 0 bridgehead atoms. The summed E-state index contributed by atoms with van der Waals surface area (Å²) in [7, 11) is 0. The minimum Gasteiger partial charge on any atom is -0.444 e. The van der Waals surface area contributed by atoms with E-state index in [0.29, 0.717) is 31.1 Å². The first kappa shape index (κ1) is 17.5. The number of piperidine rings is 1. The maximum Gasteiger partial charge on any atom is 0.410 e. The molecule has 0 radical (unpaired) electrons. The van der Waals surface area contributed by atoms with Crippen LogP contribution in [0.25, 0.3) is 0 Å². The van der Waals surface area contributed by atoms with Crippen molar-refractivity contribution < 1.29 is 9.53 Å². The van der Waals surface area contributed by atoms with Crippen LogP contribution >= 0.6 is 0 Å². The molecule has 1 saturated heterocycles. The molecule has 1 aliphatic heterocycles. The van der Waals surface area contributed by atoms with E-state index in [0.717, 1.165) is 12.8 Å². The van der Waals surface area contributed by atoms with Gasteiger partial charge < -0.3 is 19.9 Å². The summed E-state index contributed by atoms with van der Waals surface area (Å²) >= 11 is 0. The van der Waals surface area contributed by atoms with Gasteiger partial charge in [0.05, 0.1) is 0 Å². The van der Waals surface area contributed by atoms with Gasteiger partial charge in [0, 0.05) is 37.9 Å². The van der Waals surface area contributed by atoms with Crippen LogP contribution in [0.2, 0.25) is 0 Å². The number of nitrogens with two attached hydrogens (primary N) is 1. The molecule has 0 aliphatic carbocycles. The molecular weight excluding hydrogens is 294 g/mol. The Bertz CT molecular complexity index is 596. The van der Waals surface area contributed by atoms with Crippen molar-refractivity contribution >= 4 is 6.09 Å². The lowest BCUT2D eigenvalue weighted by Gasteiger charge is -2.33. The second kappa shape index (κ2) is 7.17. The van der Waals surface area contributed by atoms with Crippen LogP contribution in [0.4, 0.5) is 4.79 Å². The number of pyridine rings is 1. The lowest BCUT2D eigenvalue weighted by atomic mass is 9.97. The maximum atomic E-state index is 12.2. The number of ether oxygens (including phenoxy) is 1. The molecule has 2 heterocycles. The molecule has 0 atom stereocenters. The molecule has 6 nitrogen and oxygen atoms in total. The second-order valence-electron chi connectivity index (χ2n) is 7.11. The summed E-state index contributed by atoms with van der Waals surface area (Å²) in [5.74, 6) is 0.388.